The topological polar surface area (TPSA) is 35.5 Å². The van der Waals surface area contributed by atoms with E-state index in [1.54, 1.807) is 18.3 Å². The molecule has 0 aliphatic rings. The maximum absolute atomic E-state index is 12.7. The Kier molecular flexibility index (Phi) is 6.30. The fraction of sp³-hybridized carbons (Fsp3) is 0.450. The average Bonchev–Trinajstić information content (AvgIpc) is 2.79. The molecule has 0 N–H and O–H groups in total. The van der Waals surface area contributed by atoms with Gasteiger partial charge in [0.1, 0.15) is 0 Å². The smallest absolute Gasteiger partial charge is 0.340 e. The van der Waals surface area contributed by atoms with Crippen molar-refractivity contribution in [1.29, 1.82) is 0 Å². The molecule has 1 aromatic heterocycles. The van der Waals surface area contributed by atoms with Crippen molar-refractivity contribution in [3.8, 4) is 11.1 Å². The molecule has 25 heavy (non-hydrogen) atoms. The van der Waals surface area contributed by atoms with Gasteiger partial charge < -0.3 is 9.47 Å². The number of ether oxygens (including phenoxy) is 2. The first kappa shape index (κ1) is 20.0. The van der Waals surface area contributed by atoms with E-state index in [1.807, 2.05) is 58.9 Å². The third kappa shape index (κ3) is 4.63. The number of carbonyl (C=O) groups excluding carboxylic acids is 1. The molecule has 5 heteroatoms. The van der Waals surface area contributed by atoms with E-state index < -0.39 is 11.7 Å². The lowest BCUT2D eigenvalue weighted by atomic mass is 9.96. The van der Waals surface area contributed by atoms with Crippen LogP contribution < -0.4 is 0 Å². The number of rotatable bonds is 5. The molecule has 0 fully saturated rings. The fourth-order valence-electron chi connectivity index (χ4n) is 2.81. The van der Waals surface area contributed by atoms with E-state index in [1.165, 1.54) is 0 Å². The molecule has 2 rings (SSSR count). The van der Waals surface area contributed by atoms with Gasteiger partial charge >= 0.3 is 5.97 Å². The Labute approximate surface area is 158 Å². The molecule has 0 saturated heterocycles. The van der Waals surface area contributed by atoms with Crippen LogP contribution in [0.15, 0.2) is 24.3 Å². The summed E-state index contributed by atoms with van der Waals surface area (Å²) in [5.74, 6) is -0.369. The number of carbonyl (C=O) groups is 1. The average molecular weight is 381 g/mol. The molecule has 0 aliphatic carbocycles. The van der Waals surface area contributed by atoms with E-state index in [9.17, 15) is 4.79 Å². The lowest BCUT2D eigenvalue weighted by Gasteiger charge is -2.27. The number of hydrogen-bond acceptors (Lipinski definition) is 4. The largest absolute Gasteiger partial charge is 0.464 e. The number of hydrogen-bond donors (Lipinski definition) is 0. The predicted octanol–water partition coefficient (Wildman–Crippen LogP) is 6.10. The summed E-state index contributed by atoms with van der Waals surface area (Å²) in [6, 6.07) is 7.67. The first-order valence-corrected chi connectivity index (χ1v) is 9.54. The van der Waals surface area contributed by atoms with Crippen molar-refractivity contribution in [2.45, 2.75) is 53.2 Å². The van der Waals surface area contributed by atoms with Crippen molar-refractivity contribution in [2.75, 3.05) is 6.61 Å². The van der Waals surface area contributed by atoms with Crippen LogP contribution in [-0.4, -0.2) is 18.2 Å². The van der Waals surface area contributed by atoms with Gasteiger partial charge in [-0.2, -0.15) is 0 Å². The van der Waals surface area contributed by atoms with Crippen LogP contribution in [0.3, 0.4) is 0 Å². The molecule has 3 nitrogen and oxygen atoms in total. The first-order valence-electron chi connectivity index (χ1n) is 8.35. The highest BCUT2D eigenvalue weighted by molar-refractivity contribution is 7.12. The number of thiophene rings is 1. The van der Waals surface area contributed by atoms with E-state index in [0.717, 1.165) is 26.4 Å². The second kappa shape index (κ2) is 7.90. The molecule has 1 aromatic carbocycles. The van der Waals surface area contributed by atoms with Gasteiger partial charge in [-0.3, -0.25) is 0 Å². The number of aryl methyl sites for hydroxylation is 2. The highest BCUT2D eigenvalue weighted by atomic mass is 35.5. The molecule has 1 heterocycles. The molecule has 0 saturated carbocycles. The molecule has 1 unspecified atom stereocenters. The van der Waals surface area contributed by atoms with E-state index in [2.05, 4.69) is 0 Å². The second-order valence-electron chi connectivity index (χ2n) is 6.85. The minimum atomic E-state index is -0.781. The van der Waals surface area contributed by atoms with Crippen LogP contribution in [0.2, 0.25) is 5.02 Å². The molecule has 0 spiro atoms. The van der Waals surface area contributed by atoms with Crippen molar-refractivity contribution in [1.82, 2.24) is 0 Å². The maximum Gasteiger partial charge on any atom is 0.340 e. The molecule has 0 bridgehead atoms. The monoisotopic (exact) mass is 380 g/mol. The summed E-state index contributed by atoms with van der Waals surface area (Å²) in [5, 5.41) is 0.656. The Morgan fingerprint density at radius 3 is 2.40 bits per heavy atom. The third-order valence-corrected chi connectivity index (χ3v) is 5.05. The lowest BCUT2D eigenvalue weighted by Crippen LogP contribution is -2.29. The molecule has 1 atom stereocenters. The van der Waals surface area contributed by atoms with Crippen molar-refractivity contribution >= 4 is 28.9 Å². The summed E-state index contributed by atoms with van der Waals surface area (Å²) < 4.78 is 11.4. The van der Waals surface area contributed by atoms with Gasteiger partial charge in [-0.15, -0.1) is 11.3 Å². The zero-order chi connectivity index (χ0) is 18.8. The van der Waals surface area contributed by atoms with Gasteiger partial charge in [0.15, 0.2) is 6.10 Å². The van der Waals surface area contributed by atoms with Crippen LogP contribution >= 0.6 is 22.9 Å². The van der Waals surface area contributed by atoms with E-state index >= 15 is 0 Å². The van der Waals surface area contributed by atoms with Crippen molar-refractivity contribution < 1.29 is 14.3 Å². The Bertz CT molecular complexity index is 759. The van der Waals surface area contributed by atoms with Gasteiger partial charge in [-0.25, -0.2) is 4.79 Å². The van der Waals surface area contributed by atoms with Crippen molar-refractivity contribution in [3.05, 3.63) is 44.6 Å². The second-order valence-corrected chi connectivity index (χ2v) is 8.68. The van der Waals surface area contributed by atoms with E-state index in [0.29, 0.717) is 11.6 Å². The molecule has 2 aromatic rings. The number of halogens is 1. The summed E-state index contributed by atoms with van der Waals surface area (Å²) >= 11 is 8.08. The predicted molar refractivity (Wildman–Crippen MR) is 104 cm³/mol. The molecular weight excluding hydrogens is 356 g/mol. The summed E-state index contributed by atoms with van der Waals surface area (Å²) in [5.41, 5.74) is 2.24. The van der Waals surface area contributed by atoms with Crippen molar-refractivity contribution in [2.24, 2.45) is 0 Å². The van der Waals surface area contributed by atoms with Crippen LogP contribution in [0, 0.1) is 13.8 Å². The zero-order valence-corrected chi connectivity index (χ0v) is 17.2. The Morgan fingerprint density at radius 1 is 1.20 bits per heavy atom. The summed E-state index contributed by atoms with van der Waals surface area (Å²) in [6.45, 7) is 12.0. The van der Waals surface area contributed by atoms with Crippen LogP contribution in [0.25, 0.3) is 11.1 Å². The molecule has 0 aliphatic heterocycles. The van der Waals surface area contributed by atoms with Gasteiger partial charge in [0, 0.05) is 31.5 Å². The molecular formula is C20H25ClO3S. The zero-order valence-electron chi connectivity index (χ0n) is 15.6. The van der Waals surface area contributed by atoms with Gasteiger partial charge in [-0.05, 0) is 47.6 Å². The van der Waals surface area contributed by atoms with Gasteiger partial charge in [0.05, 0.1) is 12.2 Å². The lowest BCUT2D eigenvalue weighted by molar-refractivity contribution is -0.166. The summed E-state index contributed by atoms with van der Waals surface area (Å²) in [4.78, 5) is 14.8. The van der Waals surface area contributed by atoms with Gasteiger partial charge in [0.25, 0.3) is 0 Å². The Hall–Kier alpha value is -1.36. The maximum atomic E-state index is 12.7. The molecule has 0 amide bonds. The standard InChI is InChI=1S/C20H25ClO3S/c1-7-23-19(22)18(24-20(4,5)6)17-13(3)25-12(2)16(17)14-10-8-9-11-15(14)21/h8-11,18H,7H2,1-6H3. The Morgan fingerprint density at radius 2 is 1.84 bits per heavy atom. The van der Waals surface area contributed by atoms with Crippen LogP contribution in [0.5, 0.6) is 0 Å². The highest BCUT2D eigenvalue weighted by Gasteiger charge is 2.34. The first-order chi connectivity index (χ1) is 11.7. The van der Waals surface area contributed by atoms with Crippen LogP contribution in [-0.2, 0) is 14.3 Å². The Balaban J connectivity index is 2.65. The normalized spacial score (nSPS) is 12.9. The third-order valence-electron chi connectivity index (χ3n) is 3.68. The number of benzene rings is 1. The van der Waals surface area contributed by atoms with Crippen molar-refractivity contribution in [3.63, 3.8) is 0 Å². The van der Waals surface area contributed by atoms with Crippen LogP contribution in [0.1, 0.15) is 49.1 Å². The molecule has 136 valence electrons. The highest BCUT2D eigenvalue weighted by Crippen LogP contribution is 2.44. The van der Waals surface area contributed by atoms with E-state index in [4.69, 9.17) is 21.1 Å². The quantitative estimate of drug-likeness (QED) is 0.587. The van der Waals surface area contributed by atoms with Gasteiger partial charge in [0.2, 0.25) is 0 Å². The SMILES string of the molecule is CCOC(=O)C(OC(C)(C)C)c1c(C)sc(C)c1-c1ccccc1Cl. The summed E-state index contributed by atoms with van der Waals surface area (Å²) in [6.07, 6.45) is -0.781. The van der Waals surface area contributed by atoms with Gasteiger partial charge in [-0.1, -0.05) is 29.8 Å². The number of esters is 1. The van der Waals surface area contributed by atoms with Crippen LogP contribution in [0.4, 0.5) is 0 Å². The minimum Gasteiger partial charge on any atom is -0.464 e. The fourth-order valence-corrected chi connectivity index (χ4v) is 4.14. The van der Waals surface area contributed by atoms with E-state index in [-0.39, 0.29) is 5.97 Å². The minimum absolute atomic E-state index is 0.312. The molecule has 0 radical (unpaired) electrons. The summed E-state index contributed by atoms with van der Waals surface area (Å²) in [7, 11) is 0.